The first-order valence-electron chi connectivity index (χ1n) is 5.22. The Bertz CT molecular complexity index is 235. The van der Waals surface area contributed by atoms with Gasteiger partial charge in [0.2, 0.25) is 0 Å². The molecule has 0 radical (unpaired) electrons. The van der Waals surface area contributed by atoms with Gasteiger partial charge in [0.15, 0.2) is 0 Å². The Morgan fingerprint density at radius 3 is 2.57 bits per heavy atom. The topological polar surface area (TPSA) is 12.0 Å². The van der Waals surface area contributed by atoms with E-state index in [1.54, 1.807) is 0 Å². The van der Waals surface area contributed by atoms with Gasteiger partial charge in [-0.05, 0) is 24.9 Å². The van der Waals surface area contributed by atoms with Crippen LogP contribution in [0, 0.1) is 0 Å². The number of alkyl halides is 1. The molecule has 0 aliphatic carbocycles. The zero-order chi connectivity index (χ0) is 10.2. The van der Waals surface area contributed by atoms with Crippen molar-refractivity contribution in [3.63, 3.8) is 0 Å². The second-order valence-electron chi connectivity index (χ2n) is 3.37. The number of hydrogen-bond donors (Lipinski definition) is 1. The highest BCUT2D eigenvalue weighted by Crippen LogP contribution is 2.15. The summed E-state index contributed by atoms with van der Waals surface area (Å²) in [6, 6.07) is 10.7. The van der Waals surface area contributed by atoms with Crippen LogP contribution in [0.4, 0.5) is 4.39 Å². The Morgan fingerprint density at radius 2 is 2.00 bits per heavy atom. The van der Waals surface area contributed by atoms with E-state index in [0.717, 1.165) is 13.0 Å². The van der Waals surface area contributed by atoms with Crippen molar-refractivity contribution in [2.24, 2.45) is 0 Å². The average Bonchev–Trinajstić information content (AvgIpc) is 2.26. The molecule has 14 heavy (non-hydrogen) atoms. The van der Waals surface area contributed by atoms with Crippen molar-refractivity contribution >= 4 is 0 Å². The fraction of sp³-hybridized carbons (Fsp3) is 0.500. The smallest absolute Gasteiger partial charge is 0.0906 e. The summed E-state index contributed by atoms with van der Waals surface area (Å²) in [6.07, 6.45) is 1.64. The monoisotopic (exact) mass is 195 g/mol. The largest absolute Gasteiger partial charge is 0.310 e. The molecule has 78 valence electrons. The molecule has 1 aromatic rings. The molecule has 1 unspecified atom stereocenters. The third-order valence-electron chi connectivity index (χ3n) is 2.31. The molecular weight excluding hydrogens is 177 g/mol. The van der Waals surface area contributed by atoms with Gasteiger partial charge in [0.25, 0.3) is 0 Å². The van der Waals surface area contributed by atoms with Gasteiger partial charge in [-0.25, -0.2) is 0 Å². The van der Waals surface area contributed by atoms with Gasteiger partial charge in [0.05, 0.1) is 6.67 Å². The molecule has 1 nitrogen and oxygen atoms in total. The normalized spacial score (nSPS) is 12.7. The molecule has 0 heterocycles. The van der Waals surface area contributed by atoms with Crippen LogP contribution in [-0.4, -0.2) is 13.2 Å². The van der Waals surface area contributed by atoms with Gasteiger partial charge in [-0.3, -0.25) is 4.39 Å². The van der Waals surface area contributed by atoms with Crippen molar-refractivity contribution in [1.82, 2.24) is 5.32 Å². The minimum atomic E-state index is -0.238. The molecule has 0 aromatic heterocycles. The molecule has 1 atom stereocenters. The van der Waals surface area contributed by atoms with E-state index in [1.807, 2.05) is 18.2 Å². The van der Waals surface area contributed by atoms with Gasteiger partial charge < -0.3 is 5.32 Å². The molecule has 1 N–H and O–H groups in total. The van der Waals surface area contributed by atoms with E-state index in [1.165, 1.54) is 5.56 Å². The Balaban J connectivity index is 2.46. The van der Waals surface area contributed by atoms with Gasteiger partial charge in [-0.15, -0.1) is 0 Å². The maximum atomic E-state index is 11.9. The van der Waals surface area contributed by atoms with Gasteiger partial charge in [0.1, 0.15) is 0 Å². The SMILES string of the molecule is CCC(NCCCF)c1ccccc1. The van der Waals surface area contributed by atoms with Crippen molar-refractivity contribution in [3.05, 3.63) is 35.9 Å². The minimum absolute atomic E-state index is 0.238. The molecule has 0 aliphatic heterocycles. The zero-order valence-electron chi connectivity index (χ0n) is 8.67. The van der Waals surface area contributed by atoms with Crippen LogP contribution in [0.25, 0.3) is 0 Å². The van der Waals surface area contributed by atoms with Crippen LogP contribution >= 0.6 is 0 Å². The summed E-state index contributed by atoms with van der Waals surface area (Å²) in [7, 11) is 0. The van der Waals surface area contributed by atoms with E-state index in [2.05, 4.69) is 24.4 Å². The van der Waals surface area contributed by atoms with Crippen LogP contribution in [0.5, 0.6) is 0 Å². The molecule has 0 saturated heterocycles. The molecule has 0 aliphatic rings. The summed E-state index contributed by atoms with van der Waals surface area (Å²) in [5.74, 6) is 0. The predicted molar refractivity (Wildman–Crippen MR) is 58.1 cm³/mol. The van der Waals surface area contributed by atoms with Gasteiger partial charge >= 0.3 is 0 Å². The number of hydrogen-bond acceptors (Lipinski definition) is 1. The van der Waals surface area contributed by atoms with E-state index in [-0.39, 0.29) is 6.67 Å². The molecule has 1 rings (SSSR count). The van der Waals surface area contributed by atoms with Crippen LogP contribution in [0.2, 0.25) is 0 Å². The molecule has 0 fully saturated rings. The molecule has 1 aromatic carbocycles. The number of rotatable bonds is 6. The molecule has 0 saturated carbocycles. The summed E-state index contributed by atoms with van der Waals surface area (Å²) in [5, 5.41) is 3.35. The van der Waals surface area contributed by atoms with Gasteiger partial charge in [0, 0.05) is 6.04 Å². The van der Waals surface area contributed by atoms with E-state index >= 15 is 0 Å². The molecular formula is C12H18FN. The molecule has 0 amide bonds. The highest BCUT2D eigenvalue weighted by Gasteiger charge is 2.06. The van der Waals surface area contributed by atoms with E-state index in [4.69, 9.17) is 0 Å². The van der Waals surface area contributed by atoms with Crippen LogP contribution in [-0.2, 0) is 0 Å². The third-order valence-corrected chi connectivity index (χ3v) is 2.31. The fourth-order valence-electron chi connectivity index (χ4n) is 1.53. The van der Waals surface area contributed by atoms with Crippen LogP contribution in [0.3, 0.4) is 0 Å². The van der Waals surface area contributed by atoms with Gasteiger partial charge in [-0.1, -0.05) is 37.3 Å². The quantitative estimate of drug-likeness (QED) is 0.688. The summed E-state index contributed by atoms with van der Waals surface area (Å²) in [4.78, 5) is 0. The minimum Gasteiger partial charge on any atom is -0.310 e. The van der Waals surface area contributed by atoms with Crippen molar-refractivity contribution in [3.8, 4) is 0 Å². The fourth-order valence-corrected chi connectivity index (χ4v) is 1.53. The standard InChI is InChI=1S/C12H18FN/c1-2-12(14-10-6-9-13)11-7-4-3-5-8-11/h3-5,7-8,12,14H,2,6,9-10H2,1H3. The van der Waals surface area contributed by atoms with E-state index in [9.17, 15) is 4.39 Å². The lowest BCUT2D eigenvalue weighted by Crippen LogP contribution is -2.22. The Hall–Kier alpha value is -0.890. The van der Waals surface area contributed by atoms with Gasteiger partial charge in [-0.2, -0.15) is 0 Å². The summed E-state index contributed by atoms with van der Waals surface area (Å²) < 4.78 is 11.9. The summed E-state index contributed by atoms with van der Waals surface area (Å²) in [6.45, 7) is 2.65. The maximum Gasteiger partial charge on any atom is 0.0906 e. The lowest BCUT2D eigenvalue weighted by molar-refractivity contribution is 0.435. The second-order valence-corrected chi connectivity index (χ2v) is 3.37. The second kappa shape index (κ2) is 6.55. The van der Waals surface area contributed by atoms with Crippen molar-refractivity contribution in [2.75, 3.05) is 13.2 Å². The number of benzene rings is 1. The average molecular weight is 195 g/mol. The first kappa shape index (κ1) is 11.2. The molecule has 0 spiro atoms. The lowest BCUT2D eigenvalue weighted by atomic mass is 10.0. The maximum absolute atomic E-state index is 11.9. The van der Waals surface area contributed by atoms with E-state index in [0.29, 0.717) is 12.5 Å². The van der Waals surface area contributed by atoms with Crippen molar-refractivity contribution < 1.29 is 4.39 Å². The van der Waals surface area contributed by atoms with Crippen molar-refractivity contribution in [1.29, 1.82) is 0 Å². The van der Waals surface area contributed by atoms with Crippen LogP contribution in [0.15, 0.2) is 30.3 Å². The highest BCUT2D eigenvalue weighted by molar-refractivity contribution is 5.18. The Morgan fingerprint density at radius 1 is 1.29 bits per heavy atom. The first-order chi connectivity index (χ1) is 6.88. The summed E-state index contributed by atoms with van der Waals surface area (Å²) in [5.41, 5.74) is 1.29. The summed E-state index contributed by atoms with van der Waals surface area (Å²) >= 11 is 0. The van der Waals surface area contributed by atoms with Crippen molar-refractivity contribution in [2.45, 2.75) is 25.8 Å². The highest BCUT2D eigenvalue weighted by atomic mass is 19.1. The Kier molecular flexibility index (Phi) is 5.23. The molecule has 0 bridgehead atoms. The Labute approximate surface area is 85.3 Å². The first-order valence-corrected chi connectivity index (χ1v) is 5.22. The molecule has 2 heteroatoms. The predicted octanol–water partition coefficient (Wildman–Crippen LogP) is 3.09. The van der Waals surface area contributed by atoms with Crippen LogP contribution in [0.1, 0.15) is 31.4 Å². The zero-order valence-corrected chi connectivity index (χ0v) is 8.67. The number of halogens is 1. The lowest BCUT2D eigenvalue weighted by Gasteiger charge is -2.16. The number of nitrogens with one attached hydrogen (secondary N) is 1. The van der Waals surface area contributed by atoms with E-state index < -0.39 is 0 Å². The van der Waals surface area contributed by atoms with Crippen LogP contribution < -0.4 is 5.32 Å². The third kappa shape index (κ3) is 3.46.